The number of anilines is 1. The summed E-state index contributed by atoms with van der Waals surface area (Å²) < 4.78 is 28.4. The van der Waals surface area contributed by atoms with Crippen LogP contribution in [0.4, 0.5) is 13.8 Å². The van der Waals surface area contributed by atoms with Gasteiger partial charge in [0.1, 0.15) is 16.3 Å². The second kappa shape index (κ2) is 7.38. The van der Waals surface area contributed by atoms with E-state index in [1.807, 2.05) is 12.2 Å². The number of aryl methyl sites for hydroxylation is 1. The van der Waals surface area contributed by atoms with Crippen LogP contribution in [-0.2, 0) is 6.42 Å². The van der Waals surface area contributed by atoms with Gasteiger partial charge in [0, 0.05) is 16.5 Å². The van der Waals surface area contributed by atoms with Gasteiger partial charge in [-0.25, -0.2) is 13.6 Å². The molecule has 0 saturated carbocycles. The molecule has 2 aromatic carbocycles. The fourth-order valence-electron chi connectivity index (χ4n) is 3.36. The number of amides is 1. The first-order valence-corrected chi connectivity index (χ1v) is 9.79. The van der Waals surface area contributed by atoms with Crippen molar-refractivity contribution in [2.45, 2.75) is 13.3 Å². The molecule has 5 nitrogen and oxygen atoms in total. The number of phenolic OH excluding ortho intramolecular Hbond substituents is 1. The van der Waals surface area contributed by atoms with Crippen LogP contribution in [0.3, 0.4) is 0 Å². The Morgan fingerprint density at radius 1 is 1.13 bits per heavy atom. The quantitative estimate of drug-likeness (QED) is 0.532. The molecule has 4 rings (SSSR count). The van der Waals surface area contributed by atoms with E-state index < -0.39 is 23.5 Å². The van der Waals surface area contributed by atoms with Crippen LogP contribution in [0.25, 0.3) is 17.2 Å². The van der Waals surface area contributed by atoms with Crippen molar-refractivity contribution in [3.63, 3.8) is 0 Å². The minimum absolute atomic E-state index is 0.0147. The number of benzene rings is 2. The van der Waals surface area contributed by atoms with Crippen molar-refractivity contribution in [1.82, 2.24) is 0 Å². The number of carboxylic acid groups (broad SMARTS) is 1. The lowest BCUT2D eigenvalue weighted by atomic mass is 10.0. The second-order valence-corrected chi connectivity index (χ2v) is 7.73. The lowest BCUT2D eigenvalue weighted by Crippen LogP contribution is -2.14. The molecule has 0 radical (unpaired) electrons. The third-order valence-corrected chi connectivity index (χ3v) is 5.83. The molecule has 8 heteroatoms. The summed E-state index contributed by atoms with van der Waals surface area (Å²) in [5.74, 6) is -4.55. The molecular weight excluding hydrogens is 412 g/mol. The summed E-state index contributed by atoms with van der Waals surface area (Å²) in [6.07, 6.45) is 4.38. The van der Waals surface area contributed by atoms with Crippen molar-refractivity contribution in [1.29, 1.82) is 0 Å². The first-order chi connectivity index (χ1) is 14.3. The summed E-state index contributed by atoms with van der Waals surface area (Å²) in [6.45, 7) is 1.40. The molecule has 30 heavy (non-hydrogen) atoms. The predicted octanol–water partition coefficient (Wildman–Crippen LogP) is 5.23. The number of hydrogen-bond donors (Lipinski definition) is 3. The smallest absolute Gasteiger partial charge is 0.339 e. The van der Waals surface area contributed by atoms with Crippen molar-refractivity contribution >= 4 is 34.3 Å². The van der Waals surface area contributed by atoms with Crippen LogP contribution in [0.5, 0.6) is 5.75 Å². The third-order valence-electron chi connectivity index (χ3n) is 4.93. The Bertz CT molecular complexity index is 1250. The average molecular weight is 427 g/mol. The molecule has 1 amide bonds. The largest absolute Gasteiger partial charge is 0.507 e. The molecule has 1 aliphatic rings. The van der Waals surface area contributed by atoms with Crippen molar-refractivity contribution in [3.8, 4) is 16.9 Å². The SMILES string of the molecule is Cc1ccc(-c2csc(NC(=O)c3cc4c(cc3O)CC=C4)c2C(=O)O)c(F)c1F. The molecule has 1 heterocycles. The minimum atomic E-state index is -1.40. The van der Waals surface area contributed by atoms with Crippen molar-refractivity contribution < 1.29 is 28.6 Å². The van der Waals surface area contributed by atoms with Crippen LogP contribution in [0.1, 0.15) is 37.4 Å². The monoisotopic (exact) mass is 427 g/mol. The number of hydrogen-bond acceptors (Lipinski definition) is 4. The van der Waals surface area contributed by atoms with E-state index in [0.717, 1.165) is 22.5 Å². The highest BCUT2D eigenvalue weighted by atomic mass is 32.1. The summed E-state index contributed by atoms with van der Waals surface area (Å²) in [6, 6.07) is 5.66. The van der Waals surface area contributed by atoms with E-state index in [1.54, 1.807) is 0 Å². The van der Waals surface area contributed by atoms with Gasteiger partial charge in [0.25, 0.3) is 5.91 Å². The van der Waals surface area contributed by atoms with Gasteiger partial charge in [-0.15, -0.1) is 11.3 Å². The lowest BCUT2D eigenvalue weighted by Gasteiger charge is -2.10. The van der Waals surface area contributed by atoms with Gasteiger partial charge in [-0.3, -0.25) is 4.79 Å². The zero-order valence-electron chi connectivity index (χ0n) is 15.6. The number of aromatic carboxylic acids is 1. The van der Waals surface area contributed by atoms with Crippen molar-refractivity contribution in [2.24, 2.45) is 0 Å². The summed E-state index contributed by atoms with van der Waals surface area (Å²) in [7, 11) is 0. The van der Waals surface area contributed by atoms with Crippen LogP contribution < -0.4 is 5.32 Å². The maximum absolute atomic E-state index is 14.4. The van der Waals surface area contributed by atoms with E-state index >= 15 is 0 Å². The number of allylic oxidation sites excluding steroid dienone is 1. The standard InChI is InChI=1S/C22H15F2NO4S/c1-10-5-6-13(19(24)18(10)23)15-9-30-21(17(15)22(28)29)25-20(27)14-7-11-3-2-4-12(11)8-16(14)26/h2-3,5-9,26H,4H2,1H3,(H,25,27)(H,28,29). The summed E-state index contributed by atoms with van der Waals surface area (Å²) in [5, 5.41) is 23.6. The van der Waals surface area contributed by atoms with Gasteiger partial charge in [-0.1, -0.05) is 24.3 Å². The van der Waals surface area contributed by atoms with Gasteiger partial charge in [-0.05, 0) is 42.2 Å². The van der Waals surface area contributed by atoms with E-state index in [9.17, 15) is 28.6 Å². The number of carbonyl (C=O) groups is 2. The van der Waals surface area contributed by atoms with Gasteiger partial charge in [-0.2, -0.15) is 0 Å². The highest BCUT2D eigenvalue weighted by Gasteiger charge is 2.25. The van der Waals surface area contributed by atoms with Gasteiger partial charge >= 0.3 is 5.97 Å². The van der Waals surface area contributed by atoms with E-state index in [4.69, 9.17) is 0 Å². The Hall–Kier alpha value is -3.52. The number of carbonyl (C=O) groups excluding carboxylic acids is 1. The summed E-state index contributed by atoms with van der Waals surface area (Å²) >= 11 is 0.875. The number of nitrogens with one attached hydrogen (secondary N) is 1. The van der Waals surface area contributed by atoms with Crippen LogP contribution >= 0.6 is 11.3 Å². The Balaban J connectivity index is 1.73. The number of thiophene rings is 1. The predicted molar refractivity (Wildman–Crippen MR) is 110 cm³/mol. The van der Waals surface area contributed by atoms with Gasteiger partial charge < -0.3 is 15.5 Å². The molecule has 0 spiro atoms. The van der Waals surface area contributed by atoms with E-state index in [1.165, 1.54) is 36.6 Å². The van der Waals surface area contributed by atoms with Crippen LogP contribution in [-0.4, -0.2) is 22.1 Å². The minimum Gasteiger partial charge on any atom is -0.507 e. The van der Waals surface area contributed by atoms with Crippen molar-refractivity contribution in [2.75, 3.05) is 5.32 Å². The lowest BCUT2D eigenvalue weighted by molar-refractivity contribution is 0.0699. The molecule has 0 atom stereocenters. The number of aromatic hydroxyl groups is 1. The first-order valence-electron chi connectivity index (χ1n) is 8.91. The number of halogens is 2. The van der Waals surface area contributed by atoms with Crippen LogP contribution in [0.15, 0.2) is 35.7 Å². The highest BCUT2D eigenvalue weighted by molar-refractivity contribution is 7.15. The van der Waals surface area contributed by atoms with Crippen LogP contribution in [0.2, 0.25) is 0 Å². The number of phenols is 1. The molecular formula is C22H15F2NO4S. The first kappa shape index (κ1) is 19.8. The third kappa shape index (κ3) is 3.25. The molecule has 0 aliphatic heterocycles. The van der Waals surface area contributed by atoms with Gasteiger partial charge in [0.2, 0.25) is 0 Å². The Morgan fingerprint density at radius 2 is 1.90 bits per heavy atom. The van der Waals surface area contributed by atoms with Crippen LogP contribution in [0, 0.1) is 18.6 Å². The maximum Gasteiger partial charge on any atom is 0.339 e. The number of carboxylic acids is 1. The fourth-order valence-corrected chi connectivity index (χ4v) is 4.31. The zero-order valence-corrected chi connectivity index (χ0v) is 16.4. The zero-order chi connectivity index (χ0) is 21.6. The Morgan fingerprint density at radius 3 is 2.63 bits per heavy atom. The molecule has 0 fully saturated rings. The molecule has 0 saturated heterocycles. The Labute approximate surface area is 173 Å². The summed E-state index contributed by atoms with van der Waals surface area (Å²) in [5.41, 5.74) is 1.15. The molecule has 0 unspecified atom stereocenters. The molecule has 1 aliphatic carbocycles. The Kier molecular flexibility index (Phi) is 4.87. The second-order valence-electron chi connectivity index (χ2n) is 6.85. The van der Waals surface area contributed by atoms with E-state index in [-0.39, 0.29) is 38.6 Å². The molecule has 1 aromatic heterocycles. The fraction of sp³-hybridized carbons (Fsp3) is 0.0909. The molecule has 152 valence electrons. The molecule has 3 aromatic rings. The molecule has 0 bridgehead atoms. The average Bonchev–Trinajstić information content (AvgIpc) is 3.32. The van der Waals surface area contributed by atoms with Gasteiger partial charge in [0.15, 0.2) is 11.6 Å². The summed E-state index contributed by atoms with van der Waals surface area (Å²) in [4.78, 5) is 24.6. The maximum atomic E-state index is 14.4. The topological polar surface area (TPSA) is 86.6 Å². The normalized spacial score (nSPS) is 12.1. The van der Waals surface area contributed by atoms with Gasteiger partial charge in [0.05, 0.1) is 5.56 Å². The van der Waals surface area contributed by atoms with Crippen molar-refractivity contribution in [3.05, 3.63) is 75.2 Å². The van der Waals surface area contributed by atoms with E-state index in [2.05, 4.69) is 5.32 Å². The highest BCUT2D eigenvalue weighted by Crippen LogP contribution is 2.38. The van der Waals surface area contributed by atoms with E-state index in [0.29, 0.717) is 6.42 Å². The number of rotatable bonds is 4. The number of fused-ring (bicyclic) bond motifs is 1. The molecule has 3 N–H and O–H groups in total.